The lowest BCUT2D eigenvalue weighted by Crippen LogP contribution is -2.51. The third-order valence-corrected chi connectivity index (χ3v) is 4.57. The van der Waals surface area contributed by atoms with E-state index in [2.05, 4.69) is 24.1 Å². The summed E-state index contributed by atoms with van der Waals surface area (Å²) >= 11 is 0. The first kappa shape index (κ1) is 19.5. The number of nitrogens with zero attached hydrogens (tertiary/aromatic N) is 1. The summed E-state index contributed by atoms with van der Waals surface area (Å²) in [5, 5.41) is 3.03. The molecule has 1 atom stereocenters. The van der Waals surface area contributed by atoms with Crippen molar-refractivity contribution in [2.75, 3.05) is 40.0 Å². The first-order valence-corrected chi connectivity index (χ1v) is 8.93. The van der Waals surface area contributed by atoms with E-state index >= 15 is 0 Å². The molecule has 25 heavy (non-hydrogen) atoms. The van der Waals surface area contributed by atoms with Gasteiger partial charge in [0.1, 0.15) is 5.75 Å². The summed E-state index contributed by atoms with van der Waals surface area (Å²) in [6.07, 6.45) is 3.38. The number of carbonyl (C=O) groups is 1. The van der Waals surface area contributed by atoms with Crippen molar-refractivity contribution < 1.29 is 14.3 Å². The Labute approximate surface area is 151 Å². The first-order chi connectivity index (χ1) is 12.0. The highest BCUT2D eigenvalue weighted by atomic mass is 16.5. The molecule has 1 aromatic carbocycles. The number of hydrogen-bond acceptors (Lipinski definition) is 4. The SMILES string of the molecule is COc1ccc(C)cc1/C=C/C(=O)NC[C@@H](C(C)C)N1CCOCC1. The summed E-state index contributed by atoms with van der Waals surface area (Å²) < 4.78 is 10.8. The summed E-state index contributed by atoms with van der Waals surface area (Å²) in [5.41, 5.74) is 2.04. The zero-order chi connectivity index (χ0) is 18.2. The number of carbonyl (C=O) groups excluding carboxylic acids is 1. The second-order valence-electron chi connectivity index (χ2n) is 6.78. The molecule has 1 saturated heterocycles. The number of nitrogens with one attached hydrogen (secondary N) is 1. The quantitative estimate of drug-likeness (QED) is 0.771. The van der Waals surface area contributed by atoms with Gasteiger partial charge in [0, 0.05) is 37.3 Å². The van der Waals surface area contributed by atoms with Crippen LogP contribution in [0.1, 0.15) is 25.0 Å². The Morgan fingerprint density at radius 1 is 1.36 bits per heavy atom. The number of methoxy groups -OCH3 is 1. The topological polar surface area (TPSA) is 50.8 Å². The second-order valence-corrected chi connectivity index (χ2v) is 6.78. The number of amides is 1. The van der Waals surface area contributed by atoms with Gasteiger partial charge in [-0.05, 0) is 31.1 Å². The van der Waals surface area contributed by atoms with Crippen LogP contribution in [-0.4, -0.2) is 56.8 Å². The Bertz CT molecular complexity index is 593. The van der Waals surface area contributed by atoms with Gasteiger partial charge < -0.3 is 14.8 Å². The number of rotatable bonds is 7. The summed E-state index contributed by atoms with van der Waals surface area (Å²) in [4.78, 5) is 14.6. The van der Waals surface area contributed by atoms with Crippen molar-refractivity contribution in [3.05, 3.63) is 35.4 Å². The van der Waals surface area contributed by atoms with Crippen LogP contribution in [0.25, 0.3) is 6.08 Å². The Morgan fingerprint density at radius 3 is 2.72 bits per heavy atom. The van der Waals surface area contributed by atoms with Gasteiger partial charge in [-0.25, -0.2) is 0 Å². The number of morpholine rings is 1. The van der Waals surface area contributed by atoms with Crippen molar-refractivity contribution in [1.29, 1.82) is 0 Å². The maximum atomic E-state index is 12.2. The smallest absolute Gasteiger partial charge is 0.244 e. The first-order valence-electron chi connectivity index (χ1n) is 8.93. The molecule has 1 amide bonds. The fourth-order valence-corrected chi connectivity index (χ4v) is 3.11. The highest BCUT2D eigenvalue weighted by Gasteiger charge is 2.23. The standard InChI is InChI=1S/C20H30N2O3/c1-15(2)18(22-9-11-25-12-10-22)14-21-20(23)8-6-17-13-16(3)5-7-19(17)24-4/h5-8,13,15,18H,9-12,14H2,1-4H3,(H,21,23)/b8-6+/t18-/m0/s1. The van der Waals surface area contributed by atoms with E-state index < -0.39 is 0 Å². The average molecular weight is 346 g/mol. The van der Waals surface area contributed by atoms with Gasteiger partial charge in [-0.15, -0.1) is 0 Å². The van der Waals surface area contributed by atoms with Gasteiger partial charge in [0.15, 0.2) is 0 Å². The normalized spacial score (nSPS) is 17.0. The molecule has 1 N–H and O–H groups in total. The average Bonchev–Trinajstić information content (AvgIpc) is 2.61. The summed E-state index contributed by atoms with van der Waals surface area (Å²) in [6, 6.07) is 6.24. The van der Waals surface area contributed by atoms with E-state index in [-0.39, 0.29) is 5.91 Å². The van der Waals surface area contributed by atoms with Crippen molar-refractivity contribution in [3.8, 4) is 5.75 Å². The van der Waals surface area contributed by atoms with Crippen molar-refractivity contribution in [3.63, 3.8) is 0 Å². The van der Waals surface area contributed by atoms with E-state index in [1.54, 1.807) is 19.3 Å². The van der Waals surface area contributed by atoms with Crippen LogP contribution in [0.15, 0.2) is 24.3 Å². The Kier molecular flexibility index (Phi) is 7.47. The van der Waals surface area contributed by atoms with Crippen LogP contribution in [0.2, 0.25) is 0 Å². The lowest BCUT2D eigenvalue weighted by molar-refractivity contribution is -0.116. The van der Waals surface area contributed by atoms with Gasteiger partial charge in [-0.2, -0.15) is 0 Å². The van der Waals surface area contributed by atoms with Crippen LogP contribution in [0, 0.1) is 12.8 Å². The molecule has 5 heteroatoms. The lowest BCUT2D eigenvalue weighted by atomic mass is 10.0. The maximum absolute atomic E-state index is 12.2. The van der Waals surface area contributed by atoms with Gasteiger partial charge in [0.2, 0.25) is 5.91 Å². The second kappa shape index (κ2) is 9.59. The molecule has 1 aliphatic heterocycles. The van der Waals surface area contributed by atoms with Gasteiger partial charge >= 0.3 is 0 Å². The highest BCUT2D eigenvalue weighted by molar-refractivity contribution is 5.92. The van der Waals surface area contributed by atoms with Gasteiger partial charge in [-0.3, -0.25) is 9.69 Å². The predicted octanol–water partition coefficient (Wildman–Crippen LogP) is 2.49. The molecule has 1 aliphatic rings. The molecule has 0 bridgehead atoms. The fourth-order valence-electron chi connectivity index (χ4n) is 3.11. The van der Waals surface area contributed by atoms with Gasteiger partial charge in [0.05, 0.1) is 20.3 Å². The molecule has 1 fully saturated rings. The van der Waals surface area contributed by atoms with Crippen molar-refractivity contribution >= 4 is 12.0 Å². The van der Waals surface area contributed by atoms with Crippen LogP contribution in [-0.2, 0) is 9.53 Å². The zero-order valence-corrected chi connectivity index (χ0v) is 15.7. The molecule has 0 saturated carbocycles. The van der Waals surface area contributed by atoms with Crippen LogP contribution in [0.3, 0.4) is 0 Å². The number of aryl methyl sites for hydroxylation is 1. The molecular weight excluding hydrogens is 316 g/mol. The number of ether oxygens (including phenoxy) is 2. The monoisotopic (exact) mass is 346 g/mol. The molecule has 0 aliphatic carbocycles. The Balaban J connectivity index is 1.93. The molecule has 0 radical (unpaired) electrons. The highest BCUT2D eigenvalue weighted by Crippen LogP contribution is 2.21. The van der Waals surface area contributed by atoms with E-state index in [1.807, 2.05) is 25.1 Å². The zero-order valence-electron chi connectivity index (χ0n) is 15.7. The summed E-state index contributed by atoms with van der Waals surface area (Å²) in [6.45, 7) is 10.4. The van der Waals surface area contributed by atoms with Gasteiger partial charge in [0.25, 0.3) is 0 Å². The van der Waals surface area contributed by atoms with Crippen LogP contribution in [0.5, 0.6) is 5.75 Å². The molecule has 0 spiro atoms. The Hall–Kier alpha value is -1.85. The van der Waals surface area contributed by atoms with Crippen LogP contribution < -0.4 is 10.1 Å². The molecule has 5 nitrogen and oxygen atoms in total. The number of benzene rings is 1. The third-order valence-electron chi connectivity index (χ3n) is 4.57. The summed E-state index contributed by atoms with van der Waals surface area (Å²) in [7, 11) is 1.64. The predicted molar refractivity (Wildman–Crippen MR) is 101 cm³/mol. The van der Waals surface area contributed by atoms with E-state index in [0.717, 1.165) is 43.2 Å². The molecule has 138 valence electrons. The van der Waals surface area contributed by atoms with E-state index in [1.165, 1.54) is 0 Å². The van der Waals surface area contributed by atoms with Crippen molar-refractivity contribution in [2.24, 2.45) is 5.92 Å². The van der Waals surface area contributed by atoms with E-state index in [9.17, 15) is 4.79 Å². The largest absolute Gasteiger partial charge is 0.496 e. The van der Waals surface area contributed by atoms with E-state index in [0.29, 0.717) is 18.5 Å². The maximum Gasteiger partial charge on any atom is 0.244 e. The molecule has 2 rings (SSSR count). The molecule has 1 heterocycles. The number of hydrogen-bond donors (Lipinski definition) is 1. The van der Waals surface area contributed by atoms with E-state index in [4.69, 9.17) is 9.47 Å². The fraction of sp³-hybridized carbons (Fsp3) is 0.550. The lowest BCUT2D eigenvalue weighted by Gasteiger charge is -2.36. The minimum atomic E-state index is -0.0810. The molecular formula is C20H30N2O3. The van der Waals surface area contributed by atoms with Crippen LogP contribution >= 0.6 is 0 Å². The Morgan fingerprint density at radius 2 is 2.08 bits per heavy atom. The third kappa shape index (κ3) is 5.87. The minimum absolute atomic E-state index is 0.0810. The molecule has 0 aromatic heterocycles. The van der Waals surface area contributed by atoms with Crippen molar-refractivity contribution in [1.82, 2.24) is 10.2 Å². The minimum Gasteiger partial charge on any atom is -0.496 e. The summed E-state index contributed by atoms with van der Waals surface area (Å²) in [5.74, 6) is 1.16. The molecule has 1 aromatic rings. The van der Waals surface area contributed by atoms with Gasteiger partial charge in [-0.1, -0.05) is 25.5 Å². The van der Waals surface area contributed by atoms with Crippen molar-refractivity contribution in [2.45, 2.75) is 26.8 Å². The molecule has 0 unspecified atom stereocenters. The van der Waals surface area contributed by atoms with Crippen LogP contribution in [0.4, 0.5) is 0 Å².